The summed E-state index contributed by atoms with van der Waals surface area (Å²) in [4.78, 5) is 24.2. The maximum atomic E-state index is 12.1. The highest BCUT2D eigenvalue weighted by Crippen LogP contribution is 2.26. The molecule has 2 aromatic rings. The molecule has 0 saturated carbocycles. The van der Waals surface area contributed by atoms with Gasteiger partial charge in [-0.3, -0.25) is 0 Å². The fraction of sp³-hybridized carbons (Fsp3) is 0.222. The summed E-state index contributed by atoms with van der Waals surface area (Å²) in [6.45, 7) is 2.24. The lowest BCUT2D eigenvalue weighted by Gasteiger charge is -2.10. The summed E-state index contributed by atoms with van der Waals surface area (Å²) < 4.78 is 10.3. The minimum Gasteiger partial charge on any atom is -0.508 e. The second-order valence-electron chi connectivity index (χ2n) is 5.11. The highest BCUT2D eigenvalue weighted by atomic mass is 16.5. The Morgan fingerprint density at radius 3 is 2.29 bits per heavy atom. The van der Waals surface area contributed by atoms with Crippen molar-refractivity contribution < 1.29 is 29.3 Å². The number of benzene rings is 2. The summed E-state index contributed by atoms with van der Waals surface area (Å²) in [5, 5.41) is 18.8. The lowest BCUT2D eigenvalue weighted by molar-refractivity contribution is 0.0494. The number of ether oxygens (including phenoxy) is 2. The number of carbonyl (C=O) groups excluding carboxylic acids is 2. The first-order valence-corrected chi connectivity index (χ1v) is 7.52. The minimum atomic E-state index is -0.719. The van der Waals surface area contributed by atoms with Crippen molar-refractivity contribution in [2.24, 2.45) is 0 Å². The molecule has 0 atom stereocenters. The van der Waals surface area contributed by atoms with Gasteiger partial charge in [0, 0.05) is 6.07 Å². The van der Waals surface area contributed by atoms with Crippen LogP contribution in [-0.4, -0.2) is 28.8 Å². The highest BCUT2D eigenvalue weighted by molar-refractivity contribution is 5.96. The molecule has 24 heavy (non-hydrogen) atoms. The predicted molar refractivity (Wildman–Crippen MR) is 86.4 cm³/mol. The summed E-state index contributed by atoms with van der Waals surface area (Å²) in [7, 11) is 0. The fourth-order valence-corrected chi connectivity index (χ4v) is 1.91. The molecule has 2 aromatic carbocycles. The maximum absolute atomic E-state index is 12.1. The van der Waals surface area contributed by atoms with Gasteiger partial charge in [-0.25, -0.2) is 9.59 Å². The Morgan fingerprint density at radius 2 is 1.62 bits per heavy atom. The number of phenols is 2. The van der Waals surface area contributed by atoms with Crippen molar-refractivity contribution in [3.63, 3.8) is 0 Å². The van der Waals surface area contributed by atoms with Gasteiger partial charge in [-0.2, -0.15) is 0 Å². The molecule has 0 fully saturated rings. The smallest absolute Gasteiger partial charge is 0.343 e. The van der Waals surface area contributed by atoms with E-state index in [9.17, 15) is 19.8 Å². The number of rotatable bonds is 6. The van der Waals surface area contributed by atoms with Gasteiger partial charge in [0.15, 0.2) is 0 Å². The van der Waals surface area contributed by atoms with Gasteiger partial charge in [0.05, 0.1) is 12.2 Å². The van der Waals surface area contributed by atoms with Crippen molar-refractivity contribution in [1.29, 1.82) is 0 Å². The van der Waals surface area contributed by atoms with Crippen LogP contribution in [0.3, 0.4) is 0 Å². The number of hydrogen-bond acceptors (Lipinski definition) is 6. The quantitative estimate of drug-likeness (QED) is 0.480. The van der Waals surface area contributed by atoms with Crippen LogP contribution in [0.4, 0.5) is 0 Å². The summed E-state index contributed by atoms with van der Waals surface area (Å²) in [6, 6.07) is 9.30. The van der Waals surface area contributed by atoms with E-state index in [4.69, 9.17) is 9.47 Å². The molecule has 2 rings (SSSR count). The molecule has 0 aliphatic carbocycles. The topological polar surface area (TPSA) is 93.1 Å². The van der Waals surface area contributed by atoms with Gasteiger partial charge < -0.3 is 19.7 Å². The van der Waals surface area contributed by atoms with Crippen LogP contribution in [0.5, 0.6) is 17.2 Å². The van der Waals surface area contributed by atoms with E-state index in [-0.39, 0.29) is 35.0 Å². The largest absolute Gasteiger partial charge is 0.508 e. The third kappa shape index (κ3) is 4.49. The molecule has 6 heteroatoms. The van der Waals surface area contributed by atoms with Crippen molar-refractivity contribution in [1.82, 2.24) is 0 Å². The first kappa shape index (κ1) is 17.3. The third-order valence-corrected chi connectivity index (χ3v) is 3.22. The number of esters is 2. The number of aromatic hydroxyl groups is 2. The summed E-state index contributed by atoms with van der Waals surface area (Å²) >= 11 is 0. The summed E-state index contributed by atoms with van der Waals surface area (Å²) in [6.07, 6.45) is 1.61. The van der Waals surface area contributed by atoms with Crippen LogP contribution in [-0.2, 0) is 4.74 Å². The van der Waals surface area contributed by atoms with Crippen LogP contribution < -0.4 is 4.74 Å². The molecular formula is C18H18O6. The zero-order valence-corrected chi connectivity index (χ0v) is 13.2. The monoisotopic (exact) mass is 330 g/mol. The zero-order chi connectivity index (χ0) is 17.5. The number of phenolic OH excluding ortho intramolecular Hbond substituents is 2. The fourth-order valence-electron chi connectivity index (χ4n) is 1.91. The number of carbonyl (C=O) groups is 2. The average molecular weight is 330 g/mol. The Bertz CT molecular complexity index is 721. The van der Waals surface area contributed by atoms with E-state index in [2.05, 4.69) is 0 Å². The molecule has 0 aliphatic heterocycles. The van der Waals surface area contributed by atoms with Crippen molar-refractivity contribution in [2.45, 2.75) is 19.8 Å². The Labute approximate surface area is 139 Å². The SMILES string of the molecule is CCCCOC(=O)c1ccc(O)cc1OC(=O)c1ccc(O)cc1. The van der Waals surface area contributed by atoms with Crippen LogP contribution >= 0.6 is 0 Å². The van der Waals surface area contributed by atoms with Crippen LogP contribution in [0.15, 0.2) is 42.5 Å². The molecule has 6 nitrogen and oxygen atoms in total. The molecule has 0 amide bonds. The molecule has 0 aromatic heterocycles. The van der Waals surface area contributed by atoms with Crippen molar-refractivity contribution in [3.8, 4) is 17.2 Å². The molecule has 0 radical (unpaired) electrons. The Balaban J connectivity index is 2.19. The molecule has 126 valence electrons. The maximum Gasteiger partial charge on any atom is 0.343 e. The van der Waals surface area contributed by atoms with Gasteiger partial charge in [0.2, 0.25) is 0 Å². The zero-order valence-electron chi connectivity index (χ0n) is 13.2. The van der Waals surface area contributed by atoms with Crippen LogP contribution in [0.1, 0.15) is 40.5 Å². The molecule has 0 saturated heterocycles. The van der Waals surface area contributed by atoms with E-state index < -0.39 is 11.9 Å². The van der Waals surface area contributed by atoms with Crippen LogP contribution in [0, 0.1) is 0 Å². The van der Waals surface area contributed by atoms with E-state index in [1.807, 2.05) is 6.92 Å². The summed E-state index contributed by atoms with van der Waals surface area (Å²) in [5.74, 6) is -1.56. The number of unbranched alkanes of at least 4 members (excludes halogenated alkanes) is 1. The predicted octanol–water partition coefficient (Wildman–Crippen LogP) is 3.27. The highest BCUT2D eigenvalue weighted by Gasteiger charge is 2.18. The van der Waals surface area contributed by atoms with E-state index in [1.54, 1.807) is 0 Å². The van der Waals surface area contributed by atoms with Crippen molar-refractivity contribution in [3.05, 3.63) is 53.6 Å². The lowest BCUT2D eigenvalue weighted by atomic mass is 10.2. The van der Waals surface area contributed by atoms with Crippen molar-refractivity contribution >= 4 is 11.9 Å². The molecule has 0 spiro atoms. The van der Waals surface area contributed by atoms with Gasteiger partial charge >= 0.3 is 11.9 Å². The first-order valence-electron chi connectivity index (χ1n) is 7.52. The first-order chi connectivity index (χ1) is 11.5. The molecular weight excluding hydrogens is 312 g/mol. The summed E-state index contributed by atoms with van der Waals surface area (Å²) in [5.41, 5.74) is 0.248. The second-order valence-corrected chi connectivity index (χ2v) is 5.11. The van der Waals surface area contributed by atoms with Gasteiger partial charge in [0.1, 0.15) is 22.8 Å². The molecule has 2 N–H and O–H groups in total. The second kappa shape index (κ2) is 8.01. The minimum absolute atomic E-state index is 0.0177. The number of hydrogen-bond donors (Lipinski definition) is 2. The Hall–Kier alpha value is -3.02. The van der Waals surface area contributed by atoms with Gasteiger partial charge in [-0.15, -0.1) is 0 Å². The van der Waals surface area contributed by atoms with Gasteiger partial charge in [-0.05, 0) is 42.8 Å². The Kier molecular flexibility index (Phi) is 5.78. The van der Waals surface area contributed by atoms with E-state index in [0.29, 0.717) is 0 Å². The van der Waals surface area contributed by atoms with E-state index >= 15 is 0 Å². The molecule has 0 bridgehead atoms. The van der Waals surface area contributed by atoms with E-state index in [0.717, 1.165) is 12.8 Å². The van der Waals surface area contributed by atoms with Gasteiger partial charge in [-0.1, -0.05) is 13.3 Å². The van der Waals surface area contributed by atoms with Gasteiger partial charge in [0.25, 0.3) is 0 Å². The van der Waals surface area contributed by atoms with Crippen LogP contribution in [0.25, 0.3) is 0 Å². The van der Waals surface area contributed by atoms with Crippen molar-refractivity contribution in [2.75, 3.05) is 6.61 Å². The average Bonchev–Trinajstić information content (AvgIpc) is 2.55. The standard InChI is InChI=1S/C18H18O6/c1-2-3-10-23-18(22)15-9-8-14(20)11-16(15)24-17(21)12-4-6-13(19)7-5-12/h4-9,11,19-20H,2-3,10H2,1H3. The van der Waals surface area contributed by atoms with E-state index in [1.165, 1.54) is 42.5 Å². The Morgan fingerprint density at radius 1 is 0.958 bits per heavy atom. The van der Waals surface area contributed by atoms with Crippen LogP contribution in [0.2, 0.25) is 0 Å². The molecule has 0 heterocycles. The lowest BCUT2D eigenvalue weighted by Crippen LogP contribution is -2.13. The molecule has 0 unspecified atom stereocenters. The normalized spacial score (nSPS) is 10.2. The third-order valence-electron chi connectivity index (χ3n) is 3.22. The molecule has 0 aliphatic rings.